The third-order valence-corrected chi connectivity index (χ3v) is 2.75. The molecule has 0 radical (unpaired) electrons. The van der Waals surface area contributed by atoms with Crippen molar-refractivity contribution in [3.63, 3.8) is 0 Å². The fourth-order valence-electron chi connectivity index (χ4n) is 1.32. The zero-order valence-corrected chi connectivity index (χ0v) is 10.4. The average molecular weight is 282 g/mol. The lowest BCUT2D eigenvalue weighted by molar-refractivity contribution is 0.298. The number of aromatic nitrogens is 2. The Hall–Kier alpha value is -1.49. The molecule has 1 heterocycles. The van der Waals surface area contributed by atoms with Gasteiger partial charge in [0.05, 0.1) is 10.2 Å². The second-order valence-corrected chi connectivity index (χ2v) is 4.31. The molecule has 0 unspecified atom stereocenters. The molecular formula is C11H12BrN3O. The van der Waals surface area contributed by atoms with Crippen LogP contribution in [0.2, 0.25) is 0 Å². The molecule has 0 amide bonds. The van der Waals surface area contributed by atoms with Crippen LogP contribution in [-0.4, -0.2) is 9.78 Å². The van der Waals surface area contributed by atoms with Gasteiger partial charge in [0.25, 0.3) is 0 Å². The Morgan fingerprint density at radius 3 is 2.94 bits per heavy atom. The number of anilines is 1. The first-order valence-corrected chi connectivity index (χ1v) is 5.61. The summed E-state index contributed by atoms with van der Waals surface area (Å²) in [6.45, 7) is 0.433. The number of nitrogens with zero attached hydrogens (tertiary/aromatic N) is 2. The van der Waals surface area contributed by atoms with Crippen molar-refractivity contribution >= 4 is 21.6 Å². The molecule has 0 aliphatic rings. The molecule has 84 valence electrons. The van der Waals surface area contributed by atoms with Crippen LogP contribution in [-0.2, 0) is 13.7 Å². The lowest BCUT2D eigenvalue weighted by Crippen LogP contribution is -1.99. The highest BCUT2D eigenvalue weighted by molar-refractivity contribution is 9.10. The molecule has 0 aliphatic heterocycles. The average Bonchev–Trinajstić information content (AvgIpc) is 2.66. The van der Waals surface area contributed by atoms with Crippen molar-refractivity contribution in [2.45, 2.75) is 6.61 Å². The maximum absolute atomic E-state index is 5.68. The minimum atomic E-state index is 0.433. The predicted octanol–water partition coefficient (Wildman–Crippen LogP) is 2.34. The molecule has 2 aromatic rings. The topological polar surface area (TPSA) is 53.1 Å². The zero-order valence-electron chi connectivity index (χ0n) is 8.85. The minimum Gasteiger partial charge on any atom is -0.486 e. The van der Waals surface area contributed by atoms with Gasteiger partial charge in [-0.2, -0.15) is 5.10 Å². The molecule has 0 spiro atoms. The molecule has 0 aliphatic carbocycles. The SMILES string of the molecule is Cn1ccc(COc2cc(N)ccc2Br)n1. The molecular weight excluding hydrogens is 270 g/mol. The Balaban J connectivity index is 2.07. The predicted molar refractivity (Wildman–Crippen MR) is 66.1 cm³/mol. The molecule has 4 nitrogen and oxygen atoms in total. The number of halogens is 1. The van der Waals surface area contributed by atoms with Gasteiger partial charge in [-0.25, -0.2) is 0 Å². The van der Waals surface area contributed by atoms with Crippen LogP contribution in [0.4, 0.5) is 5.69 Å². The van der Waals surface area contributed by atoms with Crippen molar-refractivity contribution in [1.29, 1.82) is 0 Å². The normalized spacial score (nSPS) is 10.4. The largest absolute Gasteiger partial charge is 0.486 e. The van der Waals surface area contributed by atoms with E-state index in [4.69, 9.17) is 10.5 Å². The number of ether oxygens (including phenoxy) is 1. The van der Waals surface area contributed by atoms with E-state index in [1.165, 1.54) is 0 Å². The highest BCUT2D eigenvalue weighted by Gasteiger charge is 2.03. The molecule has 1 aromatic carbocycles. The number of hydrogen-bond acceptors (Lipinski definition) is 3. The summed E-state index contributed by atoms with van der Waals surface area (Å²) in [7, 11) is 1.87. The van der Waals surface area contributed by atoms with Crippen molar-refractivity contribution in [1.82, 2.24) is 9.78 Å². The zero-order chi connectivity index (χ0) is 11.5. The number of nitrogen functional groups attached to an aromatic ring is 1. The molecule has 16 heavy (non-hydrogen) atoms. The van der Waals surface area contributed by atoms with E-state index in [0.29, 0.717) is 12.3 Å². The number of rotatable bonds is 3. The Kier molecular flexibility index (Phi) is 3.14. The Labute approximate surface area is 102 Å². The summed E-state index contributed by atoms with van der Waals surface area (Å²) in [6, 6.07) is 7.38. The molecule has 0 saturated carbocycles. The summed E-state index contributed by atoms with van der Waals surface area (Å²) in [4.78, 5) is 0. The van der Waals surface area contributed by atoms with Crippen molar-refractivity contribution in [2.75, 3.05) is 5.73 Å². The van der Waals surface area contributed by atoms with Gasteiger partial charge >= 0.3 is 0 Å². The Morgan fingerprint density at radius 2 is 2.25 bits per heavy atom. The van der Waals surface area contributed by atoms with Crippen LogP contribution in [0.3, 0.4) is 0 Å². The summed E-state index contributed by atoms with van der Waals surface area (Å²) in [6.07, 6.45) is 1.88. The second-order valence-electron chi connectivity index (χ2n) is 3.46. The van der Waals surface area contributed by atoms with E-state index in [1.807, 2.05) is 31.4 Å². The molecule has 2 N–H and O–H groups in total. The number of hydrogen-bond donors (Lipinski definition) is 1. The lowest BCUT2D eigenvalue weighted by atomic mass is 10.3. The first kappa shape index (κ1) is 11.0. The van der Waals surface area contributed by atoms with Gasteiger partial charge in [0, 0.05) is 25.0 Å². The quantitative estimate of drug-likeness (QED) is 0.879. The number of aryl methyl sites for hydroxylation is 1. The first-order chi connectivity index (χ1) is 7.65. The van der Waals surface area contributed by atoms with Crippen LogP contribution < -0.4 is 10.5 Å². The van der Waals surface area contributed by atoms with Crippen molar-refractivity contribution in [2.24, 2.45) is 7.05 Å². The van der Waals surface area contributed by atoms with Crippen molar-refractivity contribution in [3.8, 4) is 5.75 Å². The Morgan fingerprint density at radius 1 is 1.44 bits per heavy atom. The van der Waals surface area contributed by atoms with Crippen LogP contribution in [0.25, 0.3) is 0 Å². The summed E-state index contributed by atoms with van der Waals surface area (Å²) in [5, 5.41) is 4.22. The highest BCUT2D eigenvalue weighted by Crippen LogP contribution is 2.27. The molecule has 2 rings (SSSR count). The van der Waals surface area contributed by atoms with E-state index < -0.39 is 0 Å². The standard InChI is InChI=1S/C11H12BrN3O/c1-15-5-4-9(14-15)7-16-11-6-8(13)2-3-10(11)12/h2-6H,7,13H2,1H3. The van der Waals surface area contributed by atoms with Gasteiger partial charge in [-0.1, -0.05) is 0 Å². The van der Waals surface area contributed by atoms with Gasteiger partial charge < -0.3 is 10.5 Å². The Bertz CT molecular complexity index is 496. The van der Waals surface area contributed by atoms with E-state index in [1.54, 1.807) is 10.7 Å². The van der Waals surface area contributed by atoms with Gasteiger partial charge in [-0.15, -0.1) is 0 Å². The molecule has 5 heteroatoms. The maximum Gasteiger partial charge on any atom is 0.136 e. The fraction of sp³-hybridized carbons (Fsp3) is 0.182. The molecule has 0 bridgehead atoms. The van der Waals surface area contributed by atoms with Gasteiger partial charge in [0.2, 0.25) is 0 Å². The second kappa shape index (κ2) is 4.57. The van der Waals surface area contributed by atoms with Crippen LogP contribution in [0.1, 0.15) is 5.69 Å². The summed E-state index contributed by atoms with van der Waals surface area (Å²) >= 11 is 3.40. The summed E-state index contributed by atoms with van der Waals surface area (Å²) < 4.78 is 8.24. The smallest absolute Gasteiger partial charge is 0.136 e. The number of benzene rings is 1. The van der Waals surface area contributed by atoms with E-state index in [-0.39, 0.29) is 0 Å². The van der Waals surface area contributed by atoms with Gasteiger partial charge in [-0.3, -0.25) is 4.68 Å². The highest BCUT2D eigenvalue weighted by atomic mass is 79.9. The van der Waals surface area contributed by atoms with Gasteiger partial charge in [0.1, 0.15) is 12.4 Å². The third-order valence-electron chi connectivity index (χ3n) is 2.10. The maximum atomic E-state index is 5.68. The van der Waals surface area contributed by atoms with E-state index >= 15 is 0 Å². The molecule has 0 fully saturated rings. The summed E-state index contributed by atoms with van der Waals surface area (Å²) in [5.74, 6) is 0.727. The van der Waals surface area contributed by atoms with Crippen LogP contribution in [0.15, 0.2) is 34.9 Å². The van der Waals surface area contributed by atoms with E-state index in [9.17, 15) is 0 Å². The summed E-state index contributed by atoms with van der Waals surface area (Å²) in [5.41, 5.74) is 7.25. The van der Waals surface area contributed by atoms with Crippen LogP contribution >= 0.6 is 15.9 Å². The fourth-order valence-corrected chi connectivity index (χ4v) is 1.68. The van der Waals surface area contributed by atoms with Gasteiger partial charge in [0.15, 0.2) is 0 Å². The first-order valence-electron chi connectivity index (χ1n) is 4.81. The number of nitrogens with two attached hydrogens (primary N) is 1. The van der Waals surface area contributed by atoms with Crippen LogP contribution in [0, 0.1) is 0 Å². The van der Waals surface area contributed by atoms with Crippen molar-refractivity contribution in [3.05, 3.63) is 40.6 Å². The van der Waals surface area contributed by atoms with Crippen LogP contribution in [0.5, 0.6) is 5.75 Å². The monoisotopic (exact) mass is 281 g/mol. The molecule has 1 aromatic heterocycles. The van der Waals surface area contributed by atoms with Crippen molar-refractivity contribution < 1.29 is 4.74 Å². The third kappa shape index (κ3) is 2.55. The van der Waals surface area contributed by atoms with E-state index in [2.05, 4.69) is 21.0 Å². The molecule has 0 atom stereocenters. The lowest BCUT2D eigenvalue weighted by Gasteiger charge is -2.07. The van der Waals surface area contributed by atoms with Gasteiger partial charge in [-0.05, 0) is 34.1 Å². The molecule has 0 saturated heterocycles. The minimum absolute atomic E-state index is 0.433. The van der Waals surface area contributed by atoms with E-state index in [0.717, 1.165) is 15.9 Å².